The van der Waals surface area contributed by atoms with Crippen molar-refractivity contribution < 1.29 is 0 Å². The lowest BCUT2D eigenvalue weighted by Crippen LogP contribution is -2.15. The summed E-state index contributed by atoms with van der Waals surface area (Å²) in [6.07, 6.45) is 3.13. The molecule has 0 atom stereocenters. The number of hydrogen-bond acceptors (Lipinski definition) is 6. The molecule has 0 radical (unpaired) electrons. The van der Waals surface area contributed by atoms with Crippen LogP contribution in [0.1, 0.15) is 0 Å². The summed E-state index contributed by atoms with van der Waals surface area (Å²) < 4.78 is 0. The SMILES string of the molecule is N#CNNc1ccnnn1. The van der Waals surface area contributed by atoms with Crippen LogP contribution in [0.25, 0.3) is 0 Å². The fourth-order valence-electron chi connectivity index (χ4n) is 0.400. The van der Waals surface area contributed by atoms with Gasteiger partial charge in [-0.3, -0.25) is 5.43 Å². The first-order valence-corrected chi connectivity index (χ1v) is 2.48. The number of nitrogens with zero attached hydrogens (tertiary/aromatic N) is 4. The lowest BCUT2D eigenvalue weighted by atomic mass is 10.6. The molecule has 10 heavy (non-hydrogen) atoms. The molecule has 0 saturated heterocycles. The lowest BCUT2D eigenvalue weighted by Gasteiger charge is -1.96. The van der Waals surface area contributed by atoms with Crippen LogP contribution < -0.4 is 10.9 Å². The number of nitriles is 1. The first kappa shape index (κ1) is 6.22. The van der Waals surface area contributed by atoms with Gasteiger partial charge in [0.25, 0.3) is 0 Å². The van der Waals surface area contributed by atoms with Crippen LogP contribution in [0.4, 0.5) is 5.82 Å². The van der Waals surface area contributed by atoms with Gasteiger partial charge in [-0.1, -0.05) is 0 Å². The second kappa shape index (κ2) is 3.19. The molecule has 0 amide bonds. The molecule has 0 unspecified atom stereocenters. The van der Waals surface area contributed by atoms with Gasteiger partial charge in [-0.25, -0.2) is 5.43 Å². The molecule has 1 aromatic heterocycles. The first-order chi connectivity index (χ1) is 4.93. The van der Waals surface area contributed by atoms with E-state index in [-0.39, 0.29) is 0 Å². The van der Waals surface area contributed by atoms with Crippen molar-refractivity contribution in [2.75, 3.05) is 5.43 Å². The largest absolute Gasteiger partial charge is 0.274 e. The molecule has 6 heteroatoms. The quantitative estimate of drug-likeness (QED) is 0.316. The number of nitrogens with one attached hydrogen (secondary N) is 2. The Kier molecular flexibility index (Phi) is 1.99. The minimum Gasteiger partial charge on any atom is -0.274 e. The van der Waals surface area contributed by atoms with Crippen LogP contribution in [0, 0.1) is 11.5 Å². The van der Waals surface area contributed by atoms with Crippen molar-refractivity contribution in [3.8, 4) is 6.19 Å². The van der Waals surface area contributed by atoms with Crippen LogP contribution >= 0.6 is 0 Å². The van der Waals surface area contributed by atoms with Crippen molar-refractivity contribution in [2.45, 2.75) is 0 Å². The molecule has 0 fully saturated rings. The predicted octanol–water partition coefficient (Wildman–Crippen LogP) is -0.731. The second-order valence-electron chi connectivity index (χ2n) is 1.37. The van der Waals surface area contributed by atoms with Gasteiger partial charge in [-0.15, -0.1) is 10.2 Å². The third-order valence-corrected chi connectivity index (χ3v) is 0.750. The highest BCUT2D eigenvalue weighted by Gasteiger charge is 1.86. The van der Waals surface area contributed by atoms with E-state index in [1.165, 1.54) is 6.20 Å². The van der Waals surface area contributed by atoms with E-state index < -0.39 is 0 Å². The molecule has 6 nitrogen and oxygen atoms in total. The van der Waals surface area contributed by atoms with E-state index in [9.17, 15) is 0 Å². The zero-order valence-electron chi connectivity index (χ0n) is 4.94. The second-order valence-corrected chi connectivity index (χ2v) is 1.37. The molecule has 1 rings (SSSR count). The Labute approximate surface area is 56.9 Å². The molecule has 2 N–H and O–H groups in total. The van der Waals surface area contributed by atoms with Crippen LogP contribution in [-0.4, -0.2) is 15.4 Å². The van der Waals surface area contributed by atoms with Gasteiger partial charge in [0.15, 0.2) is 12.0 Å². The zero-order valence-corrected chi connectivity index (χ0v) is 4.94. The summed E-state index contributed by atoms with van der Waals surface area (Å²) in [5.74, 6) is 0.455. The maximum atomic E-state index is 8.04. The van der Waals surface area contributed by atoms with E-state index in [2.05, 4.69) is 26.3 Å². The number of aromatic nitrogens is 3. The Morgan fingerprint density at radius 1 is 1.60 bits per heavy atom. The highest BCUT2D eigenvalue weighted by atomic mass is 15.4. The van der Waals surface area contributed by atoms with Gasteiger partial charge in [0.1, 0.15) is 0 Å². The van der Waals surface area contributed by atoms with Gasteiger partial charge in [0, 0.05) is 6.07 Å². The minimum atomic E-state index is 0.455. The van der Waals surface area contributed by atoms with Gasteiger partial charge in [-0.05, 0) is 5.21 Å². The van der Waals surface area contributed by atoms with Crippen LogP contribution in [0.5, 0.6) is 0 Å². The normalized spacial score (nSPS) is 7.90. The van der Waals surface area contributed by atoms with Crippen LogP contribution in [0.15, 0.2) is 12.3 Å². The van der Waals surface area contributed by atoms with Crippen molar-refractivity contribution in [1.82, 2.24) is 20.8 Å². The predicted molar refractivity (Wildman–Crippen MR) is 32.2 cm³/mol. The number of hydrazine groups is 1. The average molecular weight is 136 g/mol. The molecule has 0 aromatic carbocycles. The first-order valence-electron chi connectivity index (χ1n) is 2.48. The molecular weight excluding hydrogens is 132 g/mol. The van der Waals surface area contributed by atoms with E-state index in [0.717, 1.165) is 0 Å². The van der Waals surface area contributed by atoms with E-state index in [0.29, 0.717) is 5.82 Å². The summed E-state index contributed by atoms with van der Waals surface area (Å²) >= 11 is 0. The topological polar surface area (TPSA) is 86.5 Å². The van der Waals surface area contributed by atoms with Crippen molar-refractivity contribution in [2.24, 2.45) is 0 Å². The Hall–Kier alpha value is -1.90. The molecular formula is C4H4N6. The van der Waals surface area contributed by atoms with Crippen molar-refractivity contribution in [3.05, 3.63) is 12.3 Å². The molecule has 0 saturated carbocycles. The van der Waals surface area contributed by atoms with Crippen LogP contribution in [0.2, 0.25) is 0 Å². The lowest BCUT2D eigenvalue weighted by molar-refractivity contribution is 0.855. The van der Waals surface area contributed by atoms with Crippen LogP contribution in [0.3, 0.4) is 0 Å². The average Bonchev–Trinajstić information content (AvgIpc) is 2.03. The van der Waals surface area contributed by atoms with Gasteiger partial charge in [-0.2, -0.15) is 5.26 Å². The van der Waals surface area contributed by atoms with Crippen molar-refractivity contribution >= 4 is 5.82 Å². The molecule has 0 aliphatic heterocycles. The maximum Gasteiger partial charge on any atom is 0.197 e. The standard InChI is InChI=1S/C4H4N6/c5-3-7-8-4-1-2-6-10-9-4/h1-2,7H,(H,6,8,9). The molecule has 1 heterocycles. The van der Waals surface area contributed by atoms with Gasteiger partial charge >= 0.3 is 0 Å². The van der Waals surface area contributed by atoms with Gasteiger partial charge in [0.05, 0.1) is 6.20 Å². The molecule has 0 aliphatic carbocycles. The summed E-state index contributed by atoms with van der Waals surface area (Å²) in [4.78, 5) is 0. The van der Waals surface area contributed by atoms with E-state index >= 15 is 0 Å². The molecule has 1 aromatic rings. The Morgan fingerprint density at radius 3 is 3.10 bits per heavy atom. The smallest absolute Gasteiger partial charge is 0.197 e. The van der Waals surface area contributed by atoms with Crippen LogP contribution in [-0.2, 0) is 0 Å². The van der Waals surface area contributed by atoms with Gasteiger partial charge < -0.3 is 0 Å². The number of rotatable bonds is 2. The fraction of sp³-hybridized carbons (Fsp3) is 0. The summed E-state index contributed by atoms with van der Waals surface area (Å²) in [6.45, 7) is 0. The highest BCUT2D eigenvalue weighted by molar-refractivity contribution is 5.29. The molecule has 0 spiro atoms. The van der Waals surface area contributed by atoms with E-state index in [1.807, 2.05) is 0 Å². The maximum absolute atomic E-state index is 8.04. The van der Waals surface area contributed by atoms with Crippen molar-refractivity contribution in [1.29, 1.82) is 5.26 Å². The fourth-order valence-corrected chi connectivity index (χ4v) is 0.400. The summed E-state index contributed by atoms with van der Waals surface area (Å²) in [6, 6.07) is 1.58. The summed E-state index contributed by atoms with van der Waals surface area (Å²) in [7, 11) is 0. The third-order valence-electron chi connectivity index (χ3n) is 0.750. The van der Waals surface area contributed by atoms with E-state index in [4.69, 9.17) is 5.26 Å². The molecule has 0 bridgehead atoms. The van der Waals surface area contributed by atoms with Crippen molar-refractivity contribution in [3.63, 3.8) is 0 Å². The summed E-state index contributed by atoms with van der Waals surface area (Å²) in [5, 5.41) is 18.3. The zero-order chi connectivity index (χ0) is 7.23. The van der Waals surface area contributed by atoms with E-state index in [1.54, 1.807) is 12.3 Å². The third kappa shape index (κ3) is 1.56. The molecule has 0 aliphatic rings. The highest BCUT2D eigenvalue weighted by Crippen LogP contribution is 1.91. The monoisotopic (exact) mass is 136 g/mol. The Balaban J connectivity index is 2.52. The van der Waals surface area contributed by atoms with Gasteiger partial charge in [0.2, 0.25) is 0 Å². The Morgan fingerprint density at radius 2 is 2.50 bits per heavy atom. The minimum absolute atomic E-state index is 0.455. The number of hydrogen-bond donors (Lipinski definition) is 2. The summed E-state index contributed by atoms with van der Waals surface area (Å²) in [5.41, 5.74) is 4.66. The Bertz CT molecular complexity index is 225. The molecule has 50 valence electrons. The number of anilines is 1.